The van der Waals surface area contributed by atoms with E-state index in [4.69, 9.17) is 4.74 Å². The van der Waals surface area contributed by atoms with Crippen molar-refractivity contribution < 1.29 is 9.53 Å². The van der Waals surface area contributed by atoms with Gasteiger partial charge in [0, 0.05) is 25.0 Å². The molecule has 2 N–H and O–H groups in total. The molecule has 0 aliphatic carbocycles. The summed E-state index contributed by atoms with van der Waals surface area (Å²) in [6.07, 6.45) is 6.19. The van der Waals surface area contributed by atoms with Crippen molar-refractivity contribution in [2.75, 3.05) is 13.1 Å². The van der Waals surface area contributed by atoms with Gasteiger partial charge in [0.1, 0.15) is 18.0 Å². The Kier molecular flexibility index (Phi) is 5.07. The smallest absolute Gasteiger partial charge is 0.255 e. The monoisotopic (exact) mass is 364 g/mol. The van der Waals surface area contributed by atoms with Crippen LogP contribution in [0.3, 0.4) is 0 Å². The predicted octanol–water partition coefficient (Wildman–Crippen LogP) is 2.70. The summed E-state index contributed by atoms with van der Waals surface area (Å²) in [5, 5.41) is 6.39. The van der Waals surface area contributed by atoms with Gasteiger partial charge in [0.2, 0.25) is 0 Å². The zero-order chi connectivity index (χ0) is 18.6. The van der Waals surface area contributed by atoms with Crippen molar-refractivity contribution in [1.82, 2.24) is 20.0 Å². The second kappa shape index (κ2) is 7.80. The largest absolute Gasteiger partial charge is 0.486 e. The highest BCUT2D eigenvalue weighted by atomic mass is 16.5. The van der Waals surface area contributed by atoms with Crippen LogP contribution in [-0.4, -0.2) is 34.4 Å². The van der Waals surface area contributed by atoms with Crippen LogP contribution >= 0.6 is 0 Å². The first-order chi connectivity index (χ1) is 13.2. The number of ether oxygens (including phenoxy) is 1. The van der Waals surface area contributed by atoms with Crippen molar-refractivity contribution in [3.63, 3.8) is 0 Å². The Balaban J connectivity index is 1.43. The van der Waals surface area contributed by atoms with E-state index in [0.29, 0.717) is 30.5 Å². The van der Waals surface area contributed by atoms with Gasteiger partial charge in [0.05, 0.1) is 11.3 Å². The summed E-state index contributed by atoms with van der Waals surface area (Å²) in [5.41, 5.74) is 3.42. The minimum atomic E-state index is -0.106. The minimum Gasteiger partial charge on any atom is -0.486 e. The molecule has 1 amide bonds. The molecule has 1 unspecified atom stereocenters. The number of benzene rings is 1. The van der Waals surface area contributed by atoms with Gasteiger partial charge in [-0.2, -0.15) is 0 Å². The maximum absolute atomic E-state index is 12.6. The summed E-state index contributed by atoms with van der Waals surface area (Å²) in [6.45, 7) is 4.01. The molecule has 3 aromatic rings. The summed E-state index contributed by atoms with van der Waals surface area (Å²) >= 11 is 0. The van der Waals surface area contributed by atoms with E-state index in [1.54, 1.807) is 6.07 Å². The number of nitrogens with one attached hydrogen (secondary N) is 2. The lowest BCUT2D eigenvalue weighted by molar-refractivity contribution is 0.0945. The van der Waals surface area contributed by atoms with Crippen molar-refractivity contribution in [3.05, 3.63) is 65.6 Å². The van der Waals surface area contributed by atoms with Gasteiger partial charge in [-0.1, -0.05) is 18.2 Å². The van der Waals surface area contributed by atoms with E-state index < -0.39 is 0 Å². The molecule has 1 atom stereocenters. The molecule has 1 aliphatic rings. The normalized spacial score (nSPS) is 16.6. The second-order valence-electron chi connectivity index (χ2n) is 6.94. The van der Waals surface area contributed by atoms with Gasteiger partial charge in [-0.3, -0.25) is 4.79 Å². The van der Waals surface area contributed by atoms with Crippen molar-refractivity contribution in [2.45, 2.75) is 32.4 Å². The third-order valence-electron chi connectivity index (χ3n) is 4.91. The molecule has 0 saturated carbocycles. The van der Waals surface area contributed by atoms with E-state index in [-0.39, 0.29) is 5.91 Å². The molecule has 6 heteroatoms. The van der Waals surface area contributed by atoms with Crippen LogP contribution in [0, 0.1) is 6.92 Å². The van der Waals surface area contributed by atoms with E-state index in [0.717, 1.165) is 29.9 Å². The van der Waals surface area contributed by atoms with Crippen molar-refractivity contribution in [1.29, 1.82) is 0 Å². The summed E-state index contributed by atoms with van der Waals surface area (Å²) in [6, 6.07) is 11.7. The number of hydrogen-bond acceptors (Lipinski definition) is 4. The number of fused-ring (bicyclic) bond motifs is 1. The fourth-order valence-corrected chi connectivity index (χ4v) is 3.45. The molecular formula is C21H24N4O2. The quantitative estimate of drug-likeness (QED) is 0.706. The van der Waals surface area contributed by atoms with Crippen LogP contribution < -0.4 is 15.4 Å². The fourth-order valence-electron chi connectivity index (χ4n) is 3.45. The van der Waals surface area contributed by atoms with Crippen molar-refractivity contribution in [2.24, 2.45) is 0 Å². The number of aryl methyl sites for hydroxylation is 1. The number of rotatable bonds is 6. The minimum absolute atomic E-state index is 0.106. The number of para-hydroxylation sites is 1. The Hall–Kier alpha value is -2.86. The van der Waals surface area contributed by atoms with Crippen LogP contribution in [0.4, 0.5) is 0 Å². The van der Waals surface area contributed by atoms with Crippen molar-refractivity contribution >= 4 is 11.6 Å². The number of carbonyl (C=O) groups is 1. The van der Waals surface area contributed by atoms with E-state index in [1.807, 2.05) is 54.0 Å². The lowest BCUT2D eigenvalue weighted by atomic mass is 10.1. The van der Waals surface area contributed by atoms with E-state index in [2.05, 4.69) is 15.6 Å². The first-order valence-corrected chi connectivity index (χ1v) is 9.37. The Morgan fingerprint density at radius 2 is 2.22 bits per heavy atom. The third-order valence-corrected chi connectivity index (χ3v) is 4.91. The number of hydrogen-bond donors (Lipinski definition) is 2. The second-order valence-corrected chi connectivity index (χ2v) is 6.94. The summed E-state index contributed by atoms with van der Waals surface area (Å²) in [4.78, 5) is 17.2. The third kappa shape index (κ3) is 3.95. The highest BCUT2D eigenvalue weighted by Gasteiger charge is 2.17. The lowest BCUT2D eigenvalue weighted by Crippen LogP contribution is -2.37. The van der Waals surface area contributed by atoms with Gasteiger partial charge >= 0.3 is 0 Å². The number of aromatic nitrogens is 2. The fraction of sp³-hybridized carbons (Fsp3) is 0.333. The van der Waals surface area contributed by atoms with E-state index in [9.17, 15) is 4.79 Å². The van der Waals surface area contributed by atoms with Crippen LogP contribution in [-0.2, 0) is 6.61 Å². The number of carbonyl (C=O) groups excluding carboxylic acids is 1. The maximum atomic E-state index is 12.6. The molecule has 27 heavy (non-hydrogen) atoms. The van der Waals surface area contributed by atoms with Gasteiger partial charge in [-0.05, 0) is 50.1 Å². The van der Waals surface area contributed by atoms with Gasteiger partial charge in [-0.15, -0.1) is 0 Å². The van der Waals surface area contributed by atoms with Gasteiger partial charge in [-0.25, -0.2) is 4.98 Å². The topological polar surface area (TPSA) is 67.7 Å². The summed E-state index contributed by atoms with van der Waals surface area (Å²) in [7, 11) is 0. The van der Waals surface area contributed by atoms with Crippen LogP contribution in [0.5, 0.6) is 5.75 Å². The Morgan fingerprint density at radius 1 is 1.33 bits per heavy atom. The summed E-state index contributed by atoms with van der Waals surface area (Å²) < 4.78 is 7.92. The lowest BCUT2D eigenvalue weighted by Gasteiger charge is -2.14. The summed E-state index contributed by atoms with van der Waals surface area (Å²) in [5.74, 6) is 0.466. The predicted molar refractivity (Wildman–Crippen MR) is 104 cm³/mol. The molecule has 1 aliphatic heterocycles. The van der Waals surface area contributed by atoms with Crippen LogP contribution in [0.25, 0.3) is 5.65 Å². The first-order valence-electron chi connectivity index (χ1n) is 9.37. The highest BCUT2D eigenvalue weighted by Crippen LogP contribution is 2.20. The molecule has 0 bridgehead atoms. The van der Waals surface area contributed by atoms with Crippen LogP contribution in [0.1, 0.15) is 34.5 Å². The Labute approximate surface area is 158 Å². The molecule has 6 nitrogen and oxygen atoms in total. The Bertz CT molecular complexity index is 944. The zero-order valence-electron chi connectivity index (χ0n) is 15.4. The average molecular weight is 364 g/mol. The molecule has 0 spiro atoms. The molecular weight excluding hydrogens is 340 g/mol. The van der Waals surface area contributed by atoms with E-state index in [1.165, 1.54) is 6.42 Å². The maximum Gasteiger partial charge on any atom is 0.255 e. The molecule has 4 rings (SSSR count). The standard InChI is InChI=1S/C21H24N4O2/c1-15-6-5-11-25-13-17(24-20(15)25)14-27-19-9-3-2-8-18(19)21(26)23-12-16-7-4-10-22-16/h2-3,5-6,8-9,11,13,16,22H,4,7,10,12,14H2,1H3,(H,23,26). The Morgan fingerprint density at radius 3 is 3.04 bits per heavy atom. The van der Waals surface area contributed by atoms with E-state index >= 15 is 0 Å². The molecule has 140 valence electrons. The molecule has 1 fully saturated rings. The highest BCUT2D eigenvalue weighted by molar-refractivity contribution is 5.96. The first kappa shape index (κ1) is 17.5. The van der Waals surface area contributed by atoms with Crippen molar-refractivity contribution in [3.8, 4) is 5.75 Å². The molecule has 3 heterocycles. The number of nitrogens with zero attached hydrogens (tertiary/aromatic N) is 2. The van der Waals surface area contributed by atoms with Crippen LogP contribution in [0.2, 0.25) is 0 Å². The van der Waals surface area contributed by atoms with Gasteiger partial charge < -0.3 is 19.8 Å². The molecule has 1 saturated heterocycles. The number of imidazole rings is 1. The SMILES string of the molecule is Cc1cccn2cc(COc3ccccc3C(=O)NCC3CCCN3)nc12. The van der Waals surface area contributed by atoms with Gasteiger partial charge in [0.25, 0.3) is 5.91 Å². The van der Waals surface area contributed by atoms with Gasteiger partial charge in [0.15, 0.2) is 0 Å². The molecule has 1 aromatic carbocycles. The molecule has 0 radical (unpaired) electrons. The number of amides is 1. The average Bonchev–Trinajstić information content (AvgIpc) is 3.35. The van der Waals surface area contributed by atoms with Crippen LogP contribution in [0.15, 0.2) is 48.8 Å². The number of pyridine rings is 1. The zero-order valence-corrected chi connectivity index (χ0v) is 15.4. The molecule has 2 aromatic heterocycles.